The number of nitrogens with zero attached hydrogens (tertiary/aromatic N) is 2. The summed E-state index contributed by atoms with van der Waals surface area (Å²) < 4.78 is 11.3. The van der Waals surface area contributed by atoms with E-state index in [1.54, 1.807) is 36.4 Å². The van der Waals surface area contributed by atoms with E-state index in [9.17, 15) is 19.2 Å². The Balaban J connectivity index is 1.58. The van der Waals surface area contributed by atoms with E-state index in [4.69, 9.17) is 9.15 Å². The maximum Gasteiger partial charge on any atom is 0.337 e. The quantitative estimate of drug-likeness (QED) is 0.229. The predicted octanol–water partition coefficient (Wildman–Crippen LogP) is 2.88. The lowest BCUT2D eigenvalue weighted by atomic mass is 10.1. The van der Waals surface area contributed by atoms with Crippen LogP contribution in [0.25, 0.3) is 16.6 Å². The molecule has 0 spiro atoms. The SMILES string of the molecule is COC(=O)c1ccc2c(=O)n(-c3ccccc3)c(SCC(=O)NC(=O)NCc3ccco3)nc2c1. The van der Waals surface area contributed by atoms with E-state index in [1.165, 1.54) is 36.1 Å². The van der Waals surface area contributed by atoms with Crippen molar-refractivity contribution in [2.24, 2.45) is 0 Å². The molecule has 0 aliphatic carbocycles. The van der Waals surface area contributed by atoms with Gasteiger partial charge >= 0.3 is 12.0 Å². The molecule has 4 rings (SSSR count). The van der Waals surface area contributed by atoms with Crippen LogP contribution < -0.4 is 16.2 Å². The van der Waals surface area contributed by atoms with Crippen LogP contribution in [0.3, 0.4) is 0 Å². The number of thioether (sulfide) groups is 1. The molecule has 0 bridgehead atoms. The number of urea groups is 1. The fourth-order valence-corrected chi connectivity index (χ4v) is 4.04. The lowest BCUT2D eigenvalue weighted by molar-refractivity contribution is -0.117. The molecule has 3 amide bonds. The normalized spacial score (nSPS) is 10.7. The van der Waals surface area contributed by atoms with Crippen LogP contribution >= 0.6 is 11.8 Å². The summed E-state index contributed by atoms with van der Waals surface area (Å²) in [5.41, 5.74) is 0.718. The number of imide groups is 1. The van der Waals surface area contributed by atoms with Crippen LogP contribution in [0, 0.1) is 0 Å². The Morgan fingerprint density at radius 1 is 1.09 bits per heavy atom. The molecule has 11 heteroatoms. The molecule has 0 saturated heterocycles. The van der Waals surface area contributed by atoms with Crippen molar-refractivity contribution in [3.63, 3.8) is 0 Å². The van der Waals surface area contributed by atoms with Crippen molar-refractivity contribution in [1.82, 2.24) is 20.2 Å². The summed E-state index contributed by atoms with van der Waals surface area (Å²) in [4.78, 5) is 54.2. The summed E-state index contributed by atoms with van der Waals surface area (Å²) in [6.45, 7) is 0.127. The van der Waals surface area contributed by atoms with Crippen molar-refractivity contribution in [1.29, 1.82) is 0 Å². The molecule has 4 aromatic rings. The number of para-hydroxylation sites is 1. The minimum Gasteiger partial charge on any atom is -0.467 e. The third-order valence-corrected chi connectivity index (χ3v) is 5.80. The second kappa shape index (κ2) is 10.7. The van der Waals surface area contributed by atoms with Gasteiger partial charge in [-0.3, -0.25) is 19.5 Å². The van der Waals surface area contributed by atoms with Crippen LogP contribution in [0.4, 0.5) is 4.79 Å². The van der Waals surface area contributed by atoms with Crippen LogP contribution in [0.2, 0.25) is 0 Å². The Hall–Kier alpha value is -4.38. The first-order valence-electron chi connectivity index (χ1n) is 10.4. The first kappa shape index (κ1) is 23.8. The van der Waals surface area contributed by atoms with Gasteiger partial charge in [-0.15, -0.1) is 0 Å². The number of carbonyl (C=O) groups is 3. The number of ether oxygens (including phenoxy) is 1. The summed E-state index contributed by atoms with van der Waals surface area (Å²) in [7, 11) is 1.26. The van der Waals surface area contributed by atoms with E-state index < -0.39 is 17.9 Å². The summed E-state index contributed by atoms with van der Waals surface area (Å²) in [5.74, 6) is -0.782. The Bertz CT molecular complexity index is 1430. The monoisotopic (exact) mass is 492 g/mol. The smallest absolute Gasteiger partial charge is 0.337 e. The number of fused-ring (bicyclic) bond motifs is 1. The van der Waals surface area contributed by atoms with Crippen LogP contribution in [-0.4, -0.2) is 40.3 Å². The summed E-state index contributed by atoms with van der Waals surface area (Å²) in [6.07, 6.45) is 1.48. The van der Waals surface area contributed by atoms with Gasteiger partial charge in [0.05, 0.1) is 47.8 Å². The number of hydrogen-bond acceptors (Lipinski definition) is 8. The highest BCUT2D eigenvalue weighted by molar-refractivity contribution is 7.99. The maximum absolute atomic E-state index is 13.3. The van der Waals surface area contributed by atoms with Crippen molar-refractivity contribution in [3.8, 4) is 5.69 Å². The van der Waals surface area contributed by atoms with Gasteiger partial charge in [0.15, 0.2) is 5.16 Å². The Morgan fingerprint density at radius 3 is 2.60 bits per heavy atom. The van der Waals surface area contributed by atoms with Crippen LogP contribution in [0.5, 0.6) is 0 Å². The number of esters is 1. The van der Waals surface area contributed by atoms with Gasteiger partial charge in [0, 0.05) is 0 Å². The highest BCUT2D eigenvalue weighted by Crippen LogP contribution is 2.22. The number of aromatic nitrogens is 2. The second-order valence-electron chi connectivity index (χ2n) is 7.19. The standard InChI is InChI=1S/C24H20N4O6S/c1-33-22(31)15-9-10-18-19(12-15)26-24(28(21(18)30)16-6-3-2-4-7-16)35-14-20(29)27-23(32)25-13-17-8-5-11-34-17/h2-12H,13-14H2,1H3,(H2,25,27,29,32). The van der Waals surface area contributed by atoms with Crippen molar-refractivity contribution >= 4 is 40.6 Å². The summed E-state index contributed by atoms with van der Waals surface area (Å²) in [5, 5.41) is 5.27. The van der Waals surface area contributed by atoms with Crippen LogP contribution in [0.1, 0.15) is 16.1 Å². The fourth-order valence-electron chi connectivity index (χ4n) is 3.23. The van der Waals surface area contributed by atoms with Gasteiger partial charge in [0.2, 0.25) is 5.91 Å². The summed E-state index contributed by atoms with van der Waals surface area (Å²) in [6, 6.07) is 16.0. The average Bonchev–Trinajstić information content (AvgIpc) is 3.40. The molecule has 0 radical (unpaired) electrons. The first-order chi connectivity index (χ1) is 17.0. The van der Waals surface area contributed by atoms with Gasteiger partial charge in [-0.05, 0) is 42.5 Å². The second-order valence-corrected chi connectivity index (χ2v) is 8.14. The van der Waals surface area contributed by atoms with Crippen LogP contribution in [0.15, 0.2) is 81.3 Å². The number of nitrogens with one attached hydrogen (secondary N) is 2. The number of furan rings is 1. The van der Waals surface area contributed by atoms with Gasteiger partial charge in [-0.1, -0.05) is 30.0 Å². The van der Waals surface area contributed by atoms with E-state index in [1.807, 2.05) is 6.07 Å². The predicted molar refractivity (Wildman–Crippen MR) is 128 cm³/mol. The van der Waals surface area contributed by atoms with Crippen molar-refractivity contribution in [3.05, 3.63) is 88.6 Å². The molecule has 2 aromatic heterocycles. The summed E-state index contributed by atoms with van der Waals surface area (Å²) >= 11 is 0.982. The number of rotatable bonds is 7. The van der Waals surface area contributed by atoms with E-state index in [-0.39, 0.29) is 34.1 Å². The molecule has 0 fully saturated rings. The Kier molecular flexibility index (Phi) is 7.27. The minimum absolute atomic E-state index is 0.127. The third-order valence-electron chi connectivity index (χ3n) is 4.86. The highest BCUT2D eigenvalue weighted by Gasteiger charge is 2.17. The molecule has 178 valence electrons. The minimum atomic E-state index is -0.679. The molecular formula is C24H20N4O6S. The van der Waals surface area contributed by atoms with Gasteiger partial charge in [0.25, 0.3) is 5.56 Å². The third kappa shape index (κ3) is 5.58. The van der Waals surface area contributed by atoms with E-state index in [2.05, 4.69) is 15.6 Å². The average molecular weight is 493 g/mol. The molecule has 0 unspecified atom stereocenters. The molecule has 0 atom stereocenters. The number of carbonyl (C=O) groups excluding carboxylic acids is 3. The molecular weight excluding hydrogens is 472 g/mol. The van der Waals surface area contributed by atoms with E-state index in [0.29, 0.717) is 16.8 Å². The van der Waals surface area contributed by atoms with Gasteiger partial charge in [0.1, 0.15) is 5.76 Å². The van der Waals surface area contributed by atoms with Crippen molar-refractivity contribution < 1.29 is 23.5 Å². The number of benzene rings is 2. The zero-order valence-electron chi connectivity index (χ0n) is 18.5. The Labute approximate surface area is 203 Å². The first-order valence-corrected chi connectivity index (χ1v) is 11.4. The fraction of sp³-hybridized carbons (Fsp3) is 0.125. The van der Waals surface area contributed by atoms with Gasteiger partial charge < -0.3 is 14.5 Å². The molecule has 10 nitrogen and oxygen atoms in total. The zero-order chi connectivity index (χ0) is 24.8. The molecule has 35 heavy (non-hydrogen) atoms. The van der Waals surface area contributed by atoms with Crippen LogP contribution in [-0.2, 0) is 16.1 Å². The molecule has 0 aliphatic heterocycles. The van der Waals surface area contributed by atoms with Crippen molar-refractivity contribution in [2.45, 2.75) is 11.7 Å². The highest BCUT2D eigenvalue weighted by atomic mass is 32.2. The van der Waals surface area contributed by atoms with Gasteiger partial charge in [-0.25, -0.2) is 14.6 Å². The lowest BCUT2D eigenvalue weighted by Gasteiger charge is -2.13. The largest absolute Gasteiger partial charge is 0.467 e. The zero-order valence-corrected chi connectivity index (χ0v) is 19.3. The molecule has 0 aliphatic rings. The number of amides is 3. The number of methoxy groups -OCH3 is 1. The van der Waals surface area contributed by atoms with E-state index >= 15 is 0 Å². The maximum atomic E-state index is 13.3. The molecule has 0 saturated carbocycles. The molecule has 2 N–H and O–H groups in total. The Morgan fingerprint density at radius 2 is 1.89 bits per heavy atom. The lowest BCUT2D eigenvalue weighted by Crippen LogP contribution is -2.40. The number of hydrogen-bond donors (Lipinski definition) is 2. The van der Waals surface area contributed by atoms with Crippen molar-refractivity contribution in [2.75, 3.05) is 12.9 Å². The molecule has 2 aromatic carbocycles. The van der Waals surface area contributed by atoms with E-state index in [0.717, 1.165) is 11.8 Å². The molecule has 2 heterocycles. The topological polar surface area (TPSA) is 133 Å². The van der Waals surface area contributed by atoms with Gasteiger partial charge in [-0.2, -0.15) is 0 Å².